The molecule has 9 heteroatoms. The van der Waals surface area contributed by atoms with E-state index in [4.69, 9.17) is 11.6 Å². The molecule has 0 fully saturated rings. The Morgan fingerprint density at radius 2 is 1.80 bits per heavy atom. The predicted molar refractivity (Wildman–Crippen MR) is 122 cm³/mol. The van der Waals surface area contributed by atoms with Crippen molar-refractivity contribution in [3.63, 3.8) is 0 Å². The zero-order valence-corrected chi connectivity index (χ0v) is 18.2. The molecular weight excluding hydrogens is 442 g/mol. The summed E-state index contributed by atoms with van der Waals surface area (Å²) in [5.74, 6) is -0.303. The molecule has 30 heavy (non-hydrogen) atoms. The van der Waals surface area contributed by atoms with Gasteiger partial charge in [-0.3, -0.25) is 18.7 Å². The van der Waals surface area contributed by atoms with Gasteiger partial charge in [-0.2, -0.15) is 0 Å². The molecule has 0 aliphatic carbocycles. The Hall–Kier alpha value is -2.68. The van der Waals surface area contributed by atoms with Crippen molar-refractivity contribution in [2.24, 2.45) is 0 Å². The van der Waals surface area contributed by atoms with Crippen LogP contribution in [0.5, 0.6) is 0 Å². The number of rotatable bonds is 7. The highest BCUT2D eigenvalue weighted by atomic mass is 35.5. The minimum Gasteiger partial charge on any atom is -0.350 e. The molecule has 3 aromatic heterocycles. The molecule has 0 radical (unpaired) electrons. The first-order valence-corrected chi connectivity index (χ1v) is 11.4. The second-order valence-corrected chi connectivity index (χ2v) is 9.08. The van der Waals surface area contributed by atoms with Crippen LogP contribution in [0, 0.1) is 0 Å². The van der Waals surface area contributed by atoms with Crippen LogP contribution in [-0.2, 0) is 30.8 Å². The molecule has 1 N–H and O–H groups in total. The van der Waals surface area contributed by atoms with E-state index < -0.39 is 5.69 Å². The van der Waals surface area contributed by atoms with Crippen LogP contribution in [0.1, 0.15) is 10.4 Å². The third kappa shape index (κ3) is 4.40. The molecule has 0 aliphatic heterocycles. The van der Waals surface area contributed by atoms with Gasteiger partial charge in [-0.15, -0.1) is 22.7 Å². The third-order valence-corrected chi connectivity index (χ3v) is 6.78. The molecule has 1 aromatic carbocycles. The van der Waals surface area contributed by atoms with Crippen molar-refractivity contribution < 1.29 is 4.79 Å². The van der Waals surface area contributed by atoms with Crippen molar-refractivity contribution in [2.75, 3.05) is 0 Å². The first-order chi connectivity index (χ1) is 14.5. The lowest BCUT2D eigenvalue weighted by molar-refractivity contribution is -0.121. The zero-order valence-electron chi connectivity index (χ0n) is 15.8. The molecule has 0 bridgehead atoms. The van der Waals surface area contributed by atoms with E-state index in [-0.39, 0.29) is 24.6 Å². The largest absolute Gasteiger partial charge is 0.350 e. The number of thiophene rings is 2. The average molecular weight is 460 g/mol. The number of aryl methyl sites for hydroxylation is 1. The van der Waals surface area contributed by atoms with Crippen molar-refractivity contribution in [1.82, 2.24) is 14.5 Å². The van der Waals surface area contributed by atoms with Gasteiger partial charge in [-0.1, -0.05) is 29.8 Å². The van der Waals surface area contributed by atoms with Crippen LogP contribution in [0.15, 0.2) is 62.8 Å². The van der Waals surface area contributed by atoms with Crippen molar-refractivity contribution in [2.45, 2.75) is 26.1 Å². The summed E-state index contributed by atoms with van der Waals surface area (Å²) >= 11 is 8.74. The van der Waals surface area contributed by atoms with E-state index in [0.717, 1.165) is 10.4 Å². The number of aromatic nitrogens is 2. The number of nitrogens with zero attached hydrogens (tertiary/aromatic N) is 2. The van der Waals surface area contributed by atoms with E-state index in [0.29, 0.717) is 28.2 Å². The third-order valence-electron chi connectivity index (χ3n) is 4.70. The fraction of sp³-hybridized carbons (Fsp3) is 0.190. The van der Waals surface area contributed by atoms with Crippen LogP contribution in [0.2, 0.25) is 5.02 Å². The van der Waals surface area contributed by atoms with Crippen LogP contribution < -0.4 is 16.6 Å². The Kier molecular flexibility index (Phi) is 6.17. The van der Waals surface area contributed by atoms with Gasteiger partial charge in [-0.05, 0) is 47.0 Å². The number of hydrogen-bond donors (Lipinski definition) is 1. The van der Waals surface area contributed by atoms with Crippen LogP contribution in [0.25, 0.3) is 10.2 Å². The van der Waals surface area contributed by atoms with E-state index in [1.807, 2.05) is 29.6 Å². The van der Waals surface area contributed by atoms with Crippen LogP contribution in [0.4, 0.5) is 0 Å². The summed E-state index contributed by atoms with van der Waals surface area (Å²) < 4.78 is 3.08. The lowest BCUT2D eigenvalue weighted by Gasteiger charge is -2.12. The van der Waals surface area contributed by atoms with E-state index in [9.17, 15) is 14.4 Å². The second kappa shape index (κ2) is 8.99. The summed E-state index contributed by atoms with van der Waals surface area (Å²) in [4.78, 5) is 39.5. The highest BCUT2D eigenvalue weighted by Gasteiger charge is 2.16. The topological polar surface area (TPSA) is 73.1 Å². The quantitative estimate of drug-likeness (QED) is 0.459. The number of amides is 1. The van der Waals surface area contributed by atoms with Gasteiger partial charge in [0.15, 0.2) is 0 Å². The molecule has 0 atom stereocenters. The number of nitrogens with one attached hydrogen (secondary N) is 1. The normalized spacial score (nSPS) is 11.1. The minimum atomic E-state index is -0.468. The molecule has 0 aliphatic rings. The molecule has 154 valence electrons. The molecule has 0 saturated carbocycles. The monoisotopic (exact) mass is 459 g/mol. The highest BCUT2D eigenvalue weighted by molar-refractivity contribution is 7.17. The van der Waals surface area contributed by atoms with Crippen molar-refractivity contribution in [3.05, 3.63) is 89.5 Å². The Morgan fingerprint density at radius 3 is 2.53 bits per heavy atom. The van der Waals surface area contributed by atoms with E-state index in [1.54, 1.807) is 34.9 Å². The predicted octanol–water partition coefficient (Wildman–Crippen LogP) is 3.50. The molecule has 4 aromatic rings. The fourth-order valence-corrected chi connectivity index (χ4v) is 4.83. The number of benzene rings is 1. The van der Waals surface area contributed by atoms with Crippen LogP contribution >= 0.6 is 34.3 Å². The Bertz CT molecular complexity index is 1290. The summed E-state index contributed by atoms with van der Waals surface area (Å²) in [5.41, 5.74) is 0.620. The average Bonchev–Trinajstić information content (AvgIpc) is 3.43. The maximum Gasteiger partial charge on any atom is 0.332 e. The number of fused-ring (bicyclic) bond motifs is 1. The maximum atomic E-state index is 13.0. The van der Waals surface area contributed by atoms with Crippen molar-refractivity contribution in [1.29, 1.82) is 0 Å². The summed E-state index contributed by atoms with van der Waals surface area (Å²) in [7, 11) is 0. The fourth-order valence-electron chi connectivity index (χ4n) is 3.16. The highest BCUT2D eigenvalue weighted by Crippen LogP contribution is 2.16. The van der Waals surface area contributed by atoms with Gasteiger partial charge in [0.1, 0.15) is 11.2 Å². The summed E-state index contributed by atoms with van der Waals surface area (Å²) in [5, 5.41) is 7.16. The molecule has 3 heterocycles. The maximum absolute atomic E-state index is 13.0. The summed E-state index contributed by atoms with van der Waals surface area (Å²) in [6, 6.07) is 12.8. The zero-order chi connectivity index (χ0) is 21.1. The first kappa shape index (κ1) is 20.6. The van der Waals surface area contributed by atoms with Gasteiger partial charge < -0.3 is 5.32 Å². The second-order valence-electron chi connectivity index (χ2n) is 6.69. The minimum absolute atomic E-state index is 0.154. The molecule has 6 nitrogen and oxygen atoms in total. The van der Waals surface area contributed by atoms with Crippen LogP contribution in [-0.4, -0.2) is 15.0 Å². The standard InChI is InChI=1S/C21H18ClN3O3S2/c22-15-5-3-14(4-6-15)12-23-18(26)13-25-17-8-11-30-19(17)20(27)24(21(25)28)9-7-16-2-1-10-29-16/h1-6,8,10-11H,7,9,12-13H2,(H,23,26). The van der Waals surface area contributed by atoms with Gasteiger partial charge in [0.05, 0.1) is 5.52 Å². The number of hydrogen-bond acceptors (Lipinski definition) is 5. The molecule has 0 saturated heterocycles. The molecule has 4 rings (SSSR count). The first-order valence-electron chi connectivity index (χ1n) is 9.27. The molecular formula is C21H18ClN3O3S2. The SMILES string of the molecule is O=C(Cn1c(=O)n(CCc2cccs2)c(=O)c2sccc21)NCc1ccc(Cl)cc1. The molecule has 0 unspecified atom stereocenters. The summed E-state index contributed by atoms with van der Waals surface area (Å²) in [6.45, 7) is 0.451. The van der Waals surface area contributed by atoms with Gasteiger partial charge in [0.25, 0.3) is 5.56 Å². The molecule has 1 amide bonds. The Balaban J connectivity index is 1.57. The van der Waals surface area contributed by atoms with Crippen molar-refractivity contribution >= 4 is 50.4 Å². The van der Waals surface area contributed by atoms with Crippen LogP contribution in [0.3, 0.4) is 0 Å². The summed E-state index contributed by atoms with van der Waals surface area (Å²) in [6.07, 6.45) is 0.590. The van der Waals surface area contributed by atoms with Crippen molar-refractivity contribution in [3.8, 4) is 0 Å². The lowest BCUT2D eigenvalue weighted by Crippen LogP contribution is -2.42. The lowest BCUT2D eigenvalue weighted by atomic mass is 10.2. The number of carbonyl (C=O) groups excluding carboxylic acids is 1. The Labute approximate surface area is 185 Å². The molecule has 0 spiro atoms. The number of halogens is 1. The van der Waals surface area contributed by atoms with E-state index in [2.05, 4.69) is 5.32 Å². The Morgan fingerprint density at radius 1 is 1.00 bits per heavy atom. The van der Waals surface area contributed by atoms with Gasteiger partial charge in [0.2, 0.25) is 5.91 Å². The smallest absolute Gasteiger partial charge is 0.332 e. The van der Waals surface area contributed by atoms with E-state index in [1.165, 1.54) is 20.5 Å². The van der Waals surface area contributed by atoms with E-state index >= 15 is 0 Å². The van der Waals surface area contributed by atoms with Gasteiger partial charge in [0, 0.05) is 23.0 Å². The van der Waals surface area contributed by atoms with Gasteiger partial charge in [-0.25, -0.2) is 4.79 Å². The van der Waals surface area contributed by atoms with Gasteiger partial charge >= 0.3 is 5.69 Å². The number of carbonyl (C=O) groups is 1.